The number of hydrogen-bond donors (Lipinski definition) is 1. The molecule has 4 heteroatoms. The van der Waals surface area contributed by atoms with Gasteiger partial charge in [0.2, 0.25) is 0 Å². The fourth-order valence-corrected chi connectivity index (χ4v) is 2.38. The summed E-state index contributed by atoms with van der Waals surface area (Å²) in [7, 11) is 0. The molecule has 18 heavy (non-hydrogen) atoms. The van der Waals surface area contributed by atoms with E-state index in [9.17, 15) is 8.78 Å². The Kier molecular flexibility index (Phi) is 4.66. The van der Waals surface area contributed by atoms with Gasteiger partial charge in [0.15, 0.2) is 11.6 Å². The monoisotopic (exact) mass is 255 g/mol. The second kappa shape index (κ2) is 6.25. The molecule has 1 fully saturated rings. The molecule has 2 nitrogen and oxygen atoms in total. The highest BCUT2D eigenvalue weighted by molar-refractivity contribution is 5.22. The largest absolute Gasteiger partial charge is 0.381 e. The lowest BCUT2D eigenvalue weighted by Gasteiger charge is -2.24. The van der Waals surface area contributed by atoms with Gasteiger partial charge in [0.1, 0.15) is 0 Å². The van der Waals surface area contributed by atoms with Crippen molar-refractivity contribution in [1.82, 2.24) is 5.32 Å². The SMILES string of the molecule is CCCNC(c1ccc(F)c(F)c1)C1CCOC1. The molecule has 0 saturated carbocycles. The first kappa shape index (κ1) is 13.4. The molecule has 0 aliphatic carbocycles. The Morgan fingerprint density at radius 3 is 2.83 bits per heavy atom. The lowest BCUT2D eigenvalue weighted by molar-refractivity contribution is 0.176. The Bertz CT molecular complexity index is 391. The Labute approximate surface area is 106 Å². The van der Waals surface area contributed by atoms with E-state index in [0.29, 0.717) is 12.5 Å². The van der Waals surface area contributed by atoms with Crippen LogP contribution in [0.1, 0.15) is 31.4 Å². The molecular weight excluding hydrogens is 236 g/mol. The van der Waals surface area contributed by atoms with Crippen LogP contribution in [0.2, 0.25) is 0 Å². The third-order valence-electron chi connectivity index (χ3n) is 3.35. The Balaban J connectivity index is 2.17. The summed E-state index contributed by atoms with van der Waals surface area (Å²) in [5.74, 6) is -1.24. The standard InChI is InChI=1S/C14H19F2NO/c1-2-6-17-14(11-5-7-18-9-11)10-3-4-12(15)13(16)8-10/h3-4,8,11,14,17H,2,5-7,9H2,1H3. The van der Waals surface area contributed by atoms with E-state index >= 15 is 0 Å². The molecule has 100 valence electrons. The summed E-state index contributed by atoms with van der Waals surface area (Å²) in [5.41, 5.74) is 0.804. The van der Waals surface area contributed by atoms with Gasteiger partial charge in [-0.2, -0.15) is 0 Å². The number of hydrogen-bond acceptors (Lipinski definition) is 2. The van der Waals surface area contributed by atoms with Crippen molar-refractivity contribution in [3.63, 3.8) is 0 Å². The van der Waals surface area contributed by atoms with Gasteiger partial charge in [-0.3, -0.25) is 0 Å². The fraction of sp³-hybridized carbons (Fsp3) is 0.571. The number of halogens is 2. The van der Waals surface area contributed by atoms with Gasteiger partial charge in [-0.15, -0.1) is 0 Å². The van der Waals surface area contributed by atoms with Crippen molar-refractivity contribution in [1.29, 1.82) is 0 Å². The van der Waals surface area contributed by atoms with Crippen LogP contribution in [-0.4, -0.2) is 19.8 Å². The van der Waals surface area contributed by atoms with Crippen LogP contribution < -0.4 is 5.32 Å². The number of ether oxygens (including phenoxy) is 1. The molecule has 1 aliphatic heterocycles. The van der Waals surface area contributed by atoms with Gasteiger partial charge >= 0.3 is 0 Å². The molecule has 0 spiro atoms. The minimum absolute atomic E-state index is 0.0440. The zero-order valence-electron chi connectivity index (χ0n) is 10.6. The van der Waals surface area contributed by atoms with Crippen molar-refractivity contribution in [3.05, 3.63) is 35.4 Å². The van der Waals surface area contributed by atoms with E-state index in [4.69, 9.17) is 4.74 Å². The highest BCUT2D eigenvalue weighted by atomic mass is 19.2. The molecule has 1 heterocycles. The molecule has 2 rings (SSSR count). The van der Waals surface area contributed by atoms with Crippen LogP contribution in [0, 0.1) is 17.6 Å². The van der Waals surface area contributed by atoms with Crippen LogP contribution in [0.3, 0.4) is 0 Å². The summed E-state index contributed by atoms with van der Waals surface area (Å²) < 4.78 is 31.7. The lowest BCUT2D eigenvalue weighted by Crippen LogP contribution is -2.29. The van der Waals surface area contributed by atoms with Crippen molar-refractivity contribution in [2.24, 2.45) is 5.92 Å². The van der Waals surface area contributed by atoms with Crippen molar-refractivity contribution >= 4 is 0 Å². The summed E-state index contributed by atoms with van der Waals surface area (Å²) in [5, 5.41) is 3.41. The summed E-state index contributed by atoms with van der Waals surface area (Å²) >= 11 is 0. The van der Waals surface area contributed by atoms with Gasteiger partial charge in [0.25, 0.3) is 0 Å². The summed E-state index contributed by atoms with van der Waals surface area (Å²) in [6, 6.07) is 4.19. The van der Waals surface area contributed by atoms with E-state index in [1.807, 2.05) is 0 Å². The summed E-state index contributed by atoms with van der Waals surface area (Å²) in [6.07, 6.45) is 1.97. The molecule has 1 aliphatic rings. The van der Waals surface area contributed by atoms with Crippen molar-refractivity contribution in [2.75, 3.05) is 19.8 Å². The van der Waals surface area contributed by atoms with Crippen LogP contribution in [0.15, 0.2) is 18.2 Å². The quantitative estimate of drug-likeness (QED) is 0.873. The topological polar surface area (TPSA) is 21.3 Å². The maximum atomic E-state index is 13.3. The molecule has 2 unspecified atom stereocenters. The van der Waals surface area contributed by atoms with Crippen LogP contribution >= 0.6 is 0 Å². The first-order chi connectivity index (χ1) is 8.72. The van der Waals surface area contributed by atoms with E-state index in [1.54, 1.807) is 6.07 Å². The molecule has 2 atom stereocenters. The highest BCUT2D eigenvalue weighted by Crippen LogP contribution is 2.29. The molecule has 1 aromatic rings. The highest BCUT2D eigenvalue weighted by Gasteiger charge is 2.27. The van der Waals surface area contributed by atoms with Gasteiger partial charge in [-0.05, 0) is 37.1 Å². The molecule has 0 radical (unpaired) electrons. The molecule has 0 amide bonds. The number of benzene rings is 1. The third-order valence-corrected chi connectivity index (χ3v) is 3.35. The van der Waals surface area contributed by atoms with Crippen molar-refractivity contribution < 1.29 is 13.5 Å². The molecule has 1 aromatic carbocycles. The van der Waals surface area contributed by atoms with Crippen LogP contribution in [0.25, 0.3) is 0 Å². The Morgan fingerprint density at radius 1 is 1.39 bits per heavy atom. The van der Waals surface area contributed by atoms with Gasteiger partial charge in [-0.1, -0.05) is 13.0 Å². The predicted octanol–water partition coefficient (Wildman–Crippen LogP) is 3.04. The first-order valence-corrected chi connectivity index (χ1v) is 6.48. The summed E-state index contributed by atoms with van der Waals surface area (Å²) in [4.78, 5) is 0. The van der Waals surface area contributed by atoms with Crippen molar-refractivity contribution in [3.8, 4) is 0 Å². The van der Waals surface area contributed by atoms with Gasteiger partial charge < -0.3 is 10.1 Å². The van der Waals surface area contributed by atoms with Crippen molar-refractivity contribution in [2.45, 2.75) is 25.8 Å². The Morgan fingerprint density at radius 2 is 2.22 bits per heavy atom. The average molecular weight is 255 g/mol. The van der Waals surface area contributed by atoms with Gasteiger partial charge in [0, 0.05) is 18.6 Å². The number of nitrogens with one attached hydrogen (secondary N) is 1. The van der Waals surface area contributed by atoms with E-state index in [1.165, 1.54) is 12.1 Å². The second-order valence-corrected chi connectivity index (χ2v) is 4.73. The van der Waals surface area contributed by atoms with Gasteiger partial charge in [-0.25, -0.2) is 8.78 Å². The molecule has 0 aromatic heterocycles. The Hall–Kier alpha value is -1.00. The number of rotatable bonds is 5. The maximum Gasteiger partial charge on any atom is 0.159 e. The molecule has 1 N–H and O–H groups in total. The van der Waals surface area contributed by atoms with Crippen LogP contribution in [0.5, 0.6) is 0 Å². The molecule has 1 saturated heterocycles. The zero-order valence-corrected chi connectivity index (χ0v) is 10.6. The summed E-state index contributed by atoms with van der Waals surface area (Å²) in [6.45, 7) is 4.37. The average Bonchev–Trinajstić information content (AvgIpc) is 2.88. The van der Waals surface area contributed by atoms with Crippen LogP contribution in [-0.2, 0) is 4.74 Å². The smallest absolute Gasteiger partial charge is 0.159 e. The van der Waals surface area contributed by atoms with Crippen LogP contribution in [0.4, 0.5) is 8.78 Å². The van der Waals surface area contributed by atoms with E-state index < -0.39 is 11.6 Å². The van der Waals surface area contributed by atoms with E-state index in [0.717, 1.165) is 31.6 Å². The van der Waals surface area contributed by atoms with Gasteiger partial charge in [0.05, 0.1) is 6.61 Å². The minimum atomic E-state index is -0.796. The third kappa shape index (κ3) is 3.06. The molecular formula is C14H19F2NO. The second-order valence-electron chi connectivity index (χ2n) is 4.73. The lowest BCUT2D eigenvalue weighted by atomic mass is 9.92. The fourth-order valence-electron chi connectivity index (χ4n) is 2.38. The molecule has 0 bridgehead atoms. The van der Waals surface area contributed by atoms with E-state index in [-0.39, 0.29) is 6.04 Å². The maximum absolute atomic E-state index is 13.3. The minimum Gasteiger partial charge on any atom is -0.381 e. The normalized spacial score (nSPS) is 21.2. The van der Waals surface area contributed by atoms with E-state index in [2.05, 4.69) is 12.2 Å². The predicted molar refractivity (Wildman–Crippen MR) is 66.3 cm³/mol. The zero-order chi connectivity index (χ0) is 13.0. The first-order valence-electron chi connectivity index (χ1n) is 6.48.